The van der Waals surface area contributed by atoms with Crippen LogP contribution in [0.2, 0.25) is 0 Å². The van der Waals surface area contributed by atoms with Gasteiger partial charge in [0.15, 0.2) is 0 Å². The fourth-order valence-electron chi connectivity index (χ4n) is 2.18. The van der Waals surface area contributed by atoms with Crippen LogP contribution in [-0.4, -0.2) is 30.4 Å². The largest absolute Gasteiger partial charge is 0.496 e. The van der Waals surface area contributed by atoms with Crippen molar-refractivity contribution in [2.75, 3.05) is 14.2 Å². The minimum atomic E-state index is -0.514. The van der Waals surface area contributed by atoms with Crippen molar-refractivity contribution in [2.24, 2.45) is 0 Å². The van der Waals surface area contributed by atoms with Gasteiger partial charge in [-0.05, 0) is 31.2 Å². The van der Waals surface area contributed by atoms with Crippen LogP contribution >= 0.6 is 11.8 Å². The molecular formula is C17H16N2O5S. The van der Waals surface area contributed by atoms with E-state index in [1.807, 2.05) is 31.2 Å². The van der Waals surface area contributed by atoms with Crippen molar-refractivity contribution in [3.8, 4) is 17.2 Å². The molecule has 0 aliphatic heterocycles. The Labute approximate surface area is 148 Å². The van der Waals surface area contributed by atoms with Crippen LogP contribution in [0.1, 0.15) is 28.5 Å². The SMILES string of the molecule is COC(=O)c1ccc(C(C)Sc2nnc(-c3ccccc3OC)o2)o1. The van der Waals surface area contributed by atoms with Gasteiger partial charge < -0.3 is 18.3 Å². The molecule has 0 spiro atoms. The zero-order valence-corrected chi connectivity index (χ0v) is 14.7. The summed E-state index contributed by atoms with van der Waals surface area (Å²) in [6.07, 6.45) is 0. The summed E-state index contributed by atoms with van der Waals surface area (Å²) in [6, 6.07) is 10.7. The van der Waals surface area contributed by atoms with Gasteiger partial charge in [-0.3, -0.25) is 0 Å². The molecule has 1 atom stereocenters. The molecule has 3 rings (SSSR count). The summed E-state index contributed by atoms with van der Waals surface area (Å²) < 4.78 is 21.1. The molecule has 0 fully saturated rings. The van der Waals surface area contributed by atoms with Crippen LogP contribution in [0.15, 0.2) is 50.5 Å². The first-order valence-electron chi connectivity index (χ1n) is 7.44. The van der Waals surface area contributed by atoms with Crippen LogP contribution in [0.5, 0.6) is 5.75 Å². The van der Waals surface area contributed by atoms with Gasteiger partial charge in [-0.15, -0.1) is 10.2 Å². The Kier molecular flexibility index (Phi) is 5.08. The fraction of sp³-hybridized carbons (Fsp3) is 0.235. The predicted octanol–water partition coefficient (Wildman–Crippen LogP) is 3.98. The van der Waals surface area contributed by atoms with Crippen LogP contribution in [0.3, 0.4) is 0 Å². The highest BCUT2D eigenvalue weighted by Gasteiger charge is 2.20. The van der Waals surface area contributed by atoms with Crippen LogP contribution in [0.4, 0.5) is 0 Å². The van der Waals surface area contributed by atoms with Crippen molar-refractivity contribution in [1.29, 1.82) is 0 Å². The summed E-state index contributed by atoms with van der Waals surface area (Å²) in [5, 5.41) is 8.39. The molecule has 7 nitrogen and oxygen atoms in total. The maximum Gasteiger partial charge on any atom is 0.373 e. The molecule has 0 aliphatic carbocycles. The molecule has 0 N–H and O–H groups in total. The third kappa shape index (κ3) is 3.69. The molecule has 25 heavy (non-hydrogen) atoms. The van der Waals surface area contributed by atoms with E-state index in [1.165, 1.54) is 18.9 Å². The van der Waals surface area contributed by atoms with Crippen LogP contribution in [-0.2, 0) is 4.74 Å². The van der Waals surface area contributed by atoms with Gasteiger partial charge in [0.05, 0.1) is 25.0 Å². The number of furan rings is 1. The number of rotatable bonds is 6. The zero-order chi connectivity index (χ0) is 17.8. The van der Waals surface area contributed by atoms with E-state index >= 15 is 0 Å². The molecule has 0 radical (unpaired) electrons. The Balaban J connectivity index is 1.75. The fourth-order valence-corrected chi connectivity index (χ4v) is 2.94. The quantitative estimate of drug-likeness (QED) is 0.482. The maximum absolute atomic E-state index is 11.5. The molecule has 0 bridgehead atoms. The van der Waals surface area contributed by atoms with E-state index in [0.717, 1.165) is 5.56 Å². The molecule has 3 aromatic rings. The van der Waals surface area contributed by atoms with Crippen molar-refractivity contribution in [3.05, 3.63) is 47.9 Å². The Hall–Kier alpha value is -2.74. The zero-order valence-electron chi connectivity index (χ0n) is 13.9. The lowest BCUT2D eigenvalue weighted by Crippen LogP contribution is -1.98. The van der Waals surface area contributed by atoms with E-state index in [1.54, 1.807) is 19.2 Å². The normalized spacial score (nSPS) is 12.0. The molecule has 1 aromatic carbocycles. The van der Waals surface area contributed by atoms with Gasteiger partial charge in [0.25, 0.3) is 11.1 Å². The molecular weight excluding hydrogens is 344 g/mol. The maximum atomic E-state index is 11.5. The Morgan fingerprint density at radius 2 is 1.92 bits per heavy atom. The van der Waals surface area contributed by atoms with Crippen molar-refractivity contribution in [3.63, 3.8) is 0 Å². The minimum absolute atomic E-state index is 0.121. The second kappa shape index (κ2) is 7.43. The van der Waals surface area contributed by atoms with Crippen LogP contribution in [0, 0.1) is 0 Å². The molecule has 0 saturated heterocycles. The summed E-state index contributed by atoms with van der Waals surface area (Å²) in [5.41, 5.74) is 0.725. The second-order valence-corrected chi connectivity index (χ2v) is 6.32. The Morgan fingerprint density at radius 1 is 1.12 bits per heavy atom. The van der Waals surface area contributed by atoms with Gasteiger partial charge in [0.2, 0.25) is 5.76 Å². The molecule has 2 aromatic heterocycles. The number of aromatic nitrogens is 2. The number of para-hydroxylation sites is 1. The predicted molar refractivity (Wildman–Crippen MR) is 90.6 cm³/mol. The summed E-state index contributed by atoms with van der Waals surface area (Å²) in [6.45, 7) is 1.91. The first kappa shape index (κ1) is 17.1. The van der Waals surface area contributed by atoms with E-state index in [2.05, 4.69) is 14.9 Å². The average Bonchev–Trinajstić information content (AvgIpc) is 3.30. The topological polar surface area (TPSA) is 87.6 Å². The number of carbonyl (C=O) groups is 1. The smallest absolute Gasteiger partial charge is 0.373 e. The molecule has 8 heteroatoms. The number of hydrogen-bond donors (Lipinski definition) is 0. The highest BCUT2D eigenvalue weighted by atomic mass is 32.2. The van der Waals surface area contributed by atoms with E-state index in [0.29, 0.717) is 22.6 Å². The van der Waals surface area contributed by atoms with Gasteiger partial charge in [-0.2, -0.15) is 0 Å². The highest BCUT2D eigenvalue weighted by Crippen LogP contribution is 2.37. The minimum Gasteiger partial charge on any atom is -0.496 e. The van der Waals surface area contributed by atoms with Crippen LogP contribution in [0.25, 0.3) is 11.5 Å². The van der Waals surface area contributed by atoms with Gasteiger partial charge in [-0.25, -0.2) is 4.79 Å². The summed E-state index contributed by atoms with van der Waals surface area (Å²) in [4.78, 5) is 11.5. The average molecular weight is 360 g/mol. The highest BCUT2D eigenvalue weighted by molar-refractivity contribution is 7.99. The van der Waals surface area contributed by atoms with Crippen LogP contribution < -0.4 is 4.74 Å². The third-order valence-corrected chi connectivity index (χ3v) is 4.39. The summed E-state index contributed by atoms with van der Waals surface area (Å²) in [5.74, 6) is 1.29. The molecule has 0 saturated carbocycles. The van der Waals surface area contributed by atoms with Crippen molar-refractivity contribution < 1.29 is 23.1 Å². The van der Waals surface area contributed by atoms with E-state index < -0.39 is 5.97 Å². The van der Waals surface area contributed by atoms with Gasteiger partial charge in [-0.1, -0.05) is 23.9 Å². The Morgan fingerprint density at radius 3 is 2.68 bits per heavy atom. The van der Waals surface area contributed by atoms with Crippen molar-refractivity contribution >= 4 is 17.7 Å². The van der Waals surface area contributed by atoms with Gasteiger partial charge >= 0.3 is 5.97 Å². The lowest BCUT2D eigenvalue weighted by atomic mass is 10.2. The van der Waals surface area contributed by atoms with Crippen molar-refractivity contribution in [2.45, 2.75) is 17.4 Å². The lowest BCUT2D eigenvalue weighted by Gasteiger charge is -2.05. The molecule has 1 unspecified atom stereocenters. The summed E-state index contributed by atoms with van der Waals surface area (Å²) in [7, 11) is 2.89. The number of esters is 1. The standard InChI is InChI=1S/C17H16N2O5S/c1-10(12-8-9-14(23-12)16(20)22-3)25-17-19-18-15(24-17)11-6-4-5-7-13(11)21-2/h4-10H,1-3H3. The van der Waals surface area contributed by atoms with E-state index in [9.17, 15) is 4.79 Å². The first-order valence-corrected chi connectivity index (χ1v) is 8.32. The number of methoxy groups -OCH3 is 2. The molecule has 2 heterocycles. The number of hydrogen-bond acceptors (Lipinski definition) is 8. The van der Waals surface area contributed by atoms with Gasteiger partial charge in [0, 0.05) is 0 Å². The third-order valence-electron chi connectivity index (χ3n) is 3.44. The van der Waals surface area contributed by atoms with E-state index in [4.69, 9.17) is 13.6 Å². The number of ether oxygens (including phenoxy) is 2. The molecule has 0 amide bonds. The number of carbonyl (C=O) groups excluding carboxylic acids is 1. The number of benzene rings is 1. The molecule has 130 valence electrons. The number of thioether (sulfide) groups is 1. The second-order valence-electron chi connectivity index (χ2n) is 5.03. The number of nitrogens with zero attached hydrogens (tertiary/aromatic N) is 2. The lowest BCUT2D eigenvalue weighted by molar-refractivity contribution is 0.0563. The van der Waals surface area contributed by atoms with Gasteiger partial charge in [0.1, 0.15) is 11.5 Å². The van der Waals surface area contributed by atoms with E-state index in [-0.39, 0.29) is 11.0 Å². The molecule has 0 aliphatic rings. The Bertz CT molecular complexity index is 873. The van der Waals surface area contributed by atoms with Crippen molar-refractivity contribution in [1.82, 2.24) is 10.2 Å². The monoisotopic (exact) mass is 360 g/mol. The first-order chi connectivity index (χ1) is 12.1. The summed E-state index contributed by atoms with van der Waals surface area (Å²) >= 11 is 1.33.